The van der Waals surface area contributed by atoms with E-state index >= 15 is 0 Å². The first-order valence-electron chi connectivity index (χ1n) is 7.07. The van der Waals surface area contributed by atoms with E-state index in [9.17, 15) is 0 Å². The van der Waals surface area contributed by atoms with Crippen LogP contribution >= 0.6 is 11.8 Å². The van der Waals surface area contributed by atoms with E-state index in [-0.39, 0.29) is 0 Å². The molecule has 5 heteroatoms. The van der Waals surface area contributed by atoms with Gasteiger partial charge in [-0.1, -0.05) is 13.3 Å². The van der Waals surface area contributed by atoms with Crippen LogP contribution in [0.15, 0.2) is 6.33 Å². The molecule has 2 N–H and O–H groups in total. The SMILES string of the molecule is CCCNc1ncnc(NCCCCCSC)c1C. The number of hydrogen-bond donors (Lipinski definition) is 2. The fraction of sp³-hybridized carbons (Fsp3) is 0.714. The summed E-state index contributed by atoms with van der Waals surface area (Å²) in [6.45, 7) is 6.15. The molecular weight excluding hydrogens is 256 g/mol. The molecular formula is C14H26N4S. The quantitative estimate of drug-likeness (QED) is 0.643. The summed E-state index contributed by atoms with van der Waals surface area (Å²) < 4.78 is 0. The van der Waals surface area contributed by atoms with E-state index in [0.717, 1.165) is 36.7 Å². The Labute approximate surface area is 121 Å². The first kappa shape index (κ1) is 16.1. The Morgan fingerprint density at radius 1 is 1.05 bits per heavy atom. The molecule has 0 aliphatic heterocycles. The van der Waals surface area contributed by atoms with Crippen molar-refractivity contribution in [2.75, 3.05) is 35.7 Å². The van der Waals surface area contributed by atoms with E-state index in [1.807, 2.05) is 11.8 Å². The van der Waals surface area contributed by atoms with Gasteiger partial charge in [-0.05, 0) is 38.2 Å². The van der Waals surface area contributed by atoms with Gasteiger partial charge in [0, 0.05) is 18.7 Å². The third kappa shape index (κ3) is 6.14. The van der Waals surface area contributed by atoms with Crippen molar-refractivity contribution >= 4 is 23.4 Å². The summed E-state index contributed by atoms with van der Waals surface area (Å²) in [5, 5.41) is 6.74. The fourth-order valence-corrected chi connectivity index (χ4v) is 2.30. The van der Waals surface area contributed by atoms with Gasteiger partial charge < -0.3 is 10.6 Å². The molecule has 1 heterocycles. The van der Waals surface area contributed by atoms with E-state index in [1.165, 1.54) is 25.0 Å². The number of anilines is 2. The largest absolute Gasteiger partial charge is 0.370 e. The number of nitrogens with zero attached hydrogens (tertiary/aromatic N) is 2. The minimum absolute atomic E-state index is 0.946. The maximum atomic E-state index is 4.31. The molecule has 108 valence electrons. The molecule has 0 unspecified atom stereocenters. The lowest BCUT2D eigenvalue weighted by Gasteiger charge is -2.12. The number of rotatable bonds is 10. The molecule has 0 amide bonds. The molecule has 0 fully saturated rings. The van der Waals surface area contributed by atoms with Crippen LogP contribution < -0.4 is 10.6 Å². The number of thioether (sulfide) groups is 1. The maximum absolute atomic E-state index is 4.31. The third-order valence-electron chi connectivity index (χ3n) is 2.94. The predicted molar refractivity (Wildman–Crippen MR) is 86.3 cm³/mol. The second-order valence-corrected chi connectivity index (χ2v) is 5.59. The van der Waals surface area contributed by atoms with Gasteiger partial charge in [0.2, 0.25) is 0 Å². The topological polar surface area (TPSA) is 49.8 Å². The van der Waals surface area contributed by atoms with Gasteiger partial charge in [-0.3, -0.25) is 0 Å². The van der Waals surface area contributed by atoms with E-state index in [4.69, 9.17) is 0 Å². The van der Waals surface area contributed by atoms with E-state index in [1.54, 1.807) is 6.33 Å². The molecule has 4 nitrogen and oxygen atoms in total. The molecule has 0 spiro atoms. The molecule has 1 aromatic heterocycles. The molecule has 0 aliphatic carbocycles. The summed E-state index contributed by atoms with van der Waals surface area (Å²) in [6.07, 6.45) is 8.66. The van der Waals surface area contributed by atoms with Gasteiger partial charge in [-0.2, -0.15) is 11.8 Å². The van der Waals surface area contributed by atoms with Crippen molar-refractivity contribution in [3.05, 3.63) is 11.9 Å². The van der Waals surface area contributed by atoms with Crippen LogP contribution in [0.3, 0.4) is 0 Å². The molecule has 1 aromatic rings. The van der Waals surface area contributed by atoms with Crippen LogP contribution in [-0.2, 0) is 0 Å². The van der Waals surface area contributed by atoms with Crippen molar-refractivity contribution in [3.8, 4) is 0 Å². The van der Waals surface area contributed by atoms with Gasteiger partial charge in [0.15, 0.2) is 0 Å². The molecule has 0 aromatic carbocycles. The second kappa shape index (κ2) is 9.89. The Morgan fingerprint density at radius 2 is 1.74 bits per heavy atom. The van der Waals surface area contributed by atoms with E-state index in [0.29, 0.717) is 0 Å². The average molecular weight is 282 g/mol. The lowest BCUT2D eigenvalue weighted by molar-refractivity contribution is 0.747. The highest BCUT2D eigenvalue weighted by Gasteiger charge is 2.05. The van der Waals surface area contributed by atoms with Gasteiger partial charge in [0.05, 0.1) is 0 Å². The standard InChI is InChI=1S/C14H26N4S/c1-4-8-15-13-12(2)14(18-11-17-13)16-9-6-5-7-10-19-3/h11H,4-10H2,1-3H3,(H2,15,16,17,18). The zero-order valence-corrected chi connectivity index (χ0v) is 13.1. The molecule has 0 aliphatic rings. The van der Waals surface area contributed by atoms with Crippen molar-refractivity contribution in [1.29, 1.82) is 0 Å². The van der Waals surface area contributed by atoms with Gasteiger partial charge in [-0.15, -0.1) is 0 Å². The average Bonchev–Trinajstić information content (AvgIpc) is 2.43. The fourth-order valence-electron chi connectivity index (χ4n) is 1.80. The molecule has 1 rings (SSSR count). The molecule has 0 radical (unpaired) electrons. The first-order chi connectivity index (χ1) is 9.29. The normalized spacial score (nSPS) is 10.5. The summed E-state index contributed by atoms with van der Waals surface area (Å²) in [5.74, 6) is 3.16. The summed E-state index contributed by atoms with van der Waals surface area (Å²) >= 11 is 1.92. The maximum Gasteiger partial charge on any atom is 0.134 e. The molecule has 0 atom stereocenters. The zero-order valence-electron chi connectivity index (χ0n) is 12.3. The lowest BCUT2D eigenvalue weighted by Crippen LogP contribution is -2.09. The minimum atomic E-state index is 0.946. The Balaban J connectivity index is 2.36. The van der Waals surface area contributed by atoms with Gasteiger partial charge >= 0.3 is 0 Å². The number of aromatic nitrogens is 2. The third-order valence-corrected chi connectivity index (χ3v) is 3.64. The van der Waals surface area contributed by atoms with Gasteiger partial charge in [0.25, 0.3) is 0 Å². The Bertz CT molecular complexity index is 357. The predicted octanol–water partition coefficient (Wildman–Crippen LogP) is 3.55. The van der Waals surface area contributed by atoms with Crippen LogP contribution in [0.1, 0.15) is 38.2 Å². The number of hydrogen-bond acceptors (Lipinski definition) is 5. The van der Waals surface area contributed by atoms with Crippen LogP contribution in [0, 0.1) is 6.92 Å². The lowest BCUT2D eigenvalue weighted by atomic mass is 10.2. The highest BCUT2D eigenvalue weighted by Crippen LogP contribution is 2.18. The summed E-state index contributed by atoms with van der Waals surface area (Å²) in [5.41, 5.74) is 1.11. The molecule has 19 heavy (non-hydrogen) atoms. The minimum Gasteiger partial charge on any atom is -0.370 e. The number of nitrogens with one attached hydrogen (secondary N) is 2. The Morgan fingerprint density at radius 3 is 2.37 bits per heavy atom. The van der Waals surface area contributed by atoms with Crippen molar-refractivity contribution in [3.63, 3.8) is 0 Å². The van der Waals surface area contributed by atoms with Crippen molar-refractivity contribution < 1.29 is 0 Å². The van der Waals surface area contributed by atoms with Gasteiger partial charge in [0.1, 0.15) is 18.0 Å². The monoisotopic (exact) mass is 282 g/mol. The second-order valence-electron chi connectivity index (χ2n) is 4.60. The van der Waals surface area contributed by atoms with Crippen molar-refractivity contribution in [2.45, 2.75) is 39.5 Å². The zero-order chi connectivity index (χ0) is 13.9. The highest BCUT2D eigenvalue weighted by atomic mass is 32.2. The van der Waals surface area contributed by atoms with Crippen LogP contribution in [-0.4, -0.2) is 35.1 Å². The van der Waals surface area contributed by atoms with Crippen LogP contribution in [0.5, 0.6) is 0 Å². The molecule has 0 saturated heterocycles. The Kier molecular flexibility index (Phi) is 8.38. The van der Waals surface area contributed by atoms with E-state index < -0.39 is 0 Å². The number of unbranched alkanes of at least 4 members (excludes halogenated alkanes) is 2. The first-order valence-corrected chi connectivity index (χ1v) is 8.47. The smallest absolute Gasteiger partial charge is 0.134 e. The van der Waals surface area contributed by atoms with Crippen LogP contribution in [0.2, 0.25) is 0 Å². The van der Waals surface area contributed by atoms with E-state index in [2.05, 4.69) is 40.7 Å². The summed E-state index contributed by atoms with van der Waals surface area (Å²) in [7, 11) is 0. The summed E-state index contributed by atoms with van der Waals surface area (Å²) in [4.78, 5) is 8.59. The molecule has 0 bridgehead atoms. The summed E-state index contributed by atoms with van der Waals surface area (Å²) in [6, 6.07) is 0. The molecule has 0 saturated carbocycles. The van der Waals surface area contributed by atoms with Crippen molar-refractivity contribution in [2.24, 2.45) is 0 Å². The van der Waals surface area contributed by atoms with Crippen LogP contribution in [0.25, 0.3) is 0 Å². The highest BCUT2D eigenvalue weighted by molar-refractivity contribution is 7.98. The Hall–Kier alpha value is -0.970. The van der Waals surface area contributed by atoms with Gasteiger partial charge in [-0.25, -0.2) is 9.97 Å². The van der Waals surface area contributed by atoms with Crippen molar-refractivity contribution in [1.82, 2.24) is 9.97 Å². The van der Waals surface area contributed by atoms with Crippen LogP contribution in [0.4, 0.5) is 11.6 Å².